The predicted molar refractivity (Wildman–Crippen MR) is 63.0 cm³/mol. The number of anilines is 1. The van der Waals surface area contributed by atoms with Gasteiger partial charge in [0, 0.05) is 11.9 Å². The smallest absolute Gasteiger partial charge is 0.224 e. The number of nitrogens with zero attached hydrogens (tertiary/aromatic N) is 4. The minimum Gasteiger partial charge on any atom is -0.349 e. The van der Waals surface area contributed by atoms with E-state index in [9.17, 15) is 0 Å². The average Bonchev–Trinajstić information content (AvgIpc) is 2.37. The summed E-state index contributed by atoms with van der Waals surface area (Å²) in [6, 6.07) is 9.35. The quantitative estimate of drug-likeness (QED) is 0.859. The standard InChI is InChI=1S/C12H11N5/c1-9-3-2-4-11(16-9)8-15-12-14-6-5-10(7-13)17-12/h2-6H,8H2,1H3,(H,14,15,17). The largest absolute Gasteiger partial charge is 0.349 e. The lowest BCUT2D eigenvalue weighted by molar-refractivity contribution is 0.980. The summed E-state index contributed by atoms with van der Waals surface area (Å²) in [5.41, 5.74) is 2.23. The Kier molecular flexibility index (Phi) is 3.26. The van der Waals surface area contributed by atoms with Crippen LogP contribution in [0, 0.1) is 18.3 Å². The summed E-state index contributed by atoms with van der Waals surface area (Å²) in [6.07, 6.45) is 1.55. The molecular weight excluding hydrogens is 214 g/mol. The van der Waals surface area contributed by atoms with Crippen LogP contribution in [0.5, 0.6) is 0 Å². The summed E-state index contributed by atoms with van der Waals surface area (Å²) >= 11 is 0. The molecule has 0 radical (unpaired) electrons. The van der Waals surface area contributed by atoms with Crippen LogP contribution in [0.25, 0.3) is 0 Å². The van der Waals surface area contributed by atoms with E-state index in [4.69, 9.17) is 5.26 Å². The van der Waals surface area contributed by atoms with Crippen molar-refractivity contribution in [3.63, 3.8) is 0 Å². The van der Waals surface area contributed by atoms with E-state index in [2.05, 4.69) is 20.3 Å². The van der Waals surface area contributed by atoms with E-state index < -0.39 is 0 Å². The van der Waals surface area contributed by atoms with Crippen LogP contribution in [0.15, 0.2) is 30.5 Å². The molecule has 2 heterocycles. The molecule has 2 rings (SSSR count). The van der Waals surface area contributed by atoms with E-state index in [-0.39, 0.29) is 0 Å². The SMILES string of the molecule is Cc1cccc(CNc2nccc(C#N)n2)n1. The maximum Gasteiger partial charge on any atom is 0.224 e. The Hall–Kier alpha value is -2.48. The molecule has 0 bridgehead atoms. The molecule has 17 heavy (non-hydrogen) atoms. The van der Waals surface area contributed by atoms with Gasteiger partial charge in [0.05, 0.1) is 12.2 Å². The van der Waals surface area contributed by atoms with Gasteiger partial charge in [-0.2, -0.15) is 5.26 Å². The summed E-state index contributed by atoms with van der Waals surface area (Å²) in [5, 5.41) is 11.7. The number of aryl methyl sites for hydroxylation is 1. The molecule has 0 saturated carbocycles. The lowest BCUT2D eigenvalue weighted by Crippen LogP contribution is -2.05. The van der Waals surface area contributed by atoms with Gasteiger partial charge in [0.1, 0.15) is 11.8 Å². The van der Waals surface area contributed by atoms with E-state index in [0.29, 0.717) is 18.2 Å². The highest BCUT2D eigenvalue weighted by Gasteiger charge is 1.99. The van der Waals surface area contributed by atoms with E-state index in [1.165, 1.54) is 0 Å². The maximum atomic E-state index is 8.70. The molecule has 0 aliphatic carbocycles. The molecule has 0 saturated heterocycles. The fourth-order valence-electron chi connectivity index (χ4n) is 1.37. The number of hydrogen-bond acceptors (Lipinski definition) is 5. The third-order valence-corrected chi connectivity index (χ3v) is 2.14. The molecule has 1 N–H and O–H groups in total. The molecule has 2 aromatic heterocycles. The Balaban J connectivity index is 2.05. The zero-order valence-electron chi connectivity index (χ0n) is 9.38. The van der Waals surface area contributed by atoms with Gasteiger partial charge in [-0.05, 0) is 25.1 Å². The van der Waals surface area contributed by atoms with Gasteiger partial charge in [0.2, 0.25) is 5.95 Å². The molecule has 0 fully saturated rings. The van der Waals surface area contributed by atoms with Gasteiger partial charge in [-0.1, -0.05) is 6.07 Å². The van der Waals surface area contributed by atoms with Crippen molar-refractivity contribution in [2.24, 2.45) is 0 Å². The Morgan fingerprint density at radius 1 is 1.29 bits per heavy atom. The third kappa shape index (κ3) is 2.98. The van der Waals surface area contributed by atoms with Crippen molar-refractivity contribution < 1.29 is 0 Å². The summed E-state index contributed by atoms with van der Waals surface area (Å²) in [7, 11) is 0. The molecule has 0 unspecified atom stereocenters. The van der Waals surface area contributed by atoms with E-state index in [1.807, 2.05) is 31.2 Å². The lowest BCUT2D eigenvalue weighted by atomic mass is 10.3. The van der Waals surface area contributed by atoms with Crippen LogP contribution < -0.4 is 5.32 Å². The second-order valence-corrected chi connectivity index (χ2v) is 3.50. The first-order valence-corrected chi connectivity index (χ1v) is 5.17. The van der Waals surface area contributed by atoms with Gasteiger partial charge in [0.15, 0.2) is 0 Å². The second kappa shape index (κ2) is 5.03. The van der Waals surface area contributed by atoms with Gasteiger partial charge in [-0.3, -0.25) is 4.98 Å². The molecule has 0 atom stereocenters. The summed E-state index contributed by atoms with van der Waals surface area (Å²) in [6.45, 7) is 2.48. The Bertz CT molecular complexity index is 559. The summed E-state index contributed by atoms with van der Waals surface area (Å²) in [5.74, 6) is 0.437. The van der Waals surface area contributed by atoms with Crippen molar-refractivity contribution >= 4 is 5.95 Å². The number of aromatic nitrogens is 3. The normalized spacial score (nSPS) is 9.65. The van der Waals surface area contributed by atoms with Crippen LogP contribution in [0.1, 0.15) is 17.1 Å². The van der Waals surface area contributed by atoms with Crippen LogP contribution in [0.4, 0.5) is 5.95 Å². The second-order valence-electron chi connectivity index (χ2n) is 3.50. The summed E-state index contributed by atoms with van der Waals surface area (Å²) < 4.78 is 0. The number of nitriles is 1. The van der Waals surface area contributed by atoms with Gasteiger partial charge in [-0.25, -0.2) is 9.97 Å². The molecule has 0 aromatic carbocycles. The molecule has 0 aliphatic rings. The van der Waals surface area contributed by atoms with Gasteiger partial charge >= 0.3 is 0 Å². The van der Waals surface area contributed by atoms with Crippen LogP contribution >= 0.6 is 0 Å². The molecule has 5 nitrogen and oxygen atoms in total. The lowest BCUT2D eigenvalue weighted by Gasteiger charge is -2.04. The monoisotopic (exact) mass is 225 g/mol. The Morgan fingerprint density at radius 2 is 2.18 bits per heavy atom. The number of rotatable bonds is 3. The first kappa shape index (κ1) is 11.0. The Labute approximate surface area is 99.2 Å². The van der Waals surface area contributed by atoms with Crippen LogP contribution in [-0.4, -0.2) is 15.0 Å². The van der Waals surface area contributed by atoms with E-state index in [1.54, 1.807) is 12.3 Å². The third-order valence-electron chi connectivity index (χ3n) is 2.14. The number of nitrogens with one attached hydrogen (secondary N) is 1. The van der Waals surface area contributed by atoms with Crippen molar-refractivity contribution in [3.8, 4) is 6.07 Å². The zero-order valence-corrected chi connectivity index (χ0v) is 9.38. The molecule has 2 aromatic rings. The van der Waals surface area contributed by atoms with Crippen LogP contribution in [-0.2, 0) is 6.54 Å². The molecule has 84 valence electrons. The van der Waals surface area contributed by atoms with Crippen molar-refractivity contribution in [2.75, 3.05) is 5.32 Å². The minimum absolute atomic E-state index is 0.347. The molecule has 0 spiro atoms. The number of pyridine rings is 1. The highest BCUT2D eigenvalue weighted by atomic mass is 15.1. The minimum atomic E-state index is 0.347. The highest BCUT2D eigenvalue weighted by Crippen LogP contribution is 2.03. The van der Waals surface area contributed by atoms with Crippen molar-refractivity contribution in [3.05, 3.63) is 47.5 Å². The maximum absolute atomic E-state index is 8.70. The first-order chi connectivity index (χ1) is 8.28. The van der Waals surface area contributed by atoms with Gasteiger partial charge < -0.3 is 5.32 Å². The first-order valence-electron chi connectivity index (χ1n) is 5.17. The average molecular weight is 225 g/mol. The zero-order chi connectivity index (χ0) is 12.1. The van der Waals surface area contributed by atoms with E-state index in [0.717, 1.165) is 11.4 Å². The van der Waals surface area contributed by atoms with Crippen molar-refractivity contribution in [2.45, 2.75) is 13.5 Å². The van der Waals surface area contributed by atoms with E-state index >= 15 is 0 Å². The fourth-order valence-corrected chi connectivity index (χ4v) is 1.37. The predicted octanol–water partition coefficient (Wildman–Crippen LogP) is 1.66. The van der Waals surface area contributed by atoms with Crippen molar-refractivity contribution in [1.29, 1.82) is 5.26 Å². The van der Waals surface area contributed by atoms with Gasteiger partial charge in [-0.15, -0.1) is 0 Å². The highest BCUT2D eigenvalue weighted by molar-refractivity contribution is 5.30. The molecule has 5 heteroatoms. The molecular formula is C12H11N5. The summed E-state index contributed by atoms with van der Waals surface area (Å²) in [4.78, 5) is 12.4. The number of hydrogen-bond donors (Lipinski definition) is 1. The Morgan fingerprint density at radius 3 is 2.94 bits per heavy atom. The molecule has 0 aliphatic heterocycles. The van der Waals surface area contributed by atoms with Crippen LogP contribution in [0.3, 0.4) is 0 Å². The van der Waals surface area contributed by atoms with Crippen molar-refractivity contribution in [1.82, 2.24) is 15.0 Å². The van der Waals surface area contributed by atoms with Crippen LogP contribution in [0.2, 0.25) is 0 Å². The fraction of sp³-hybridized carbons (Fsp3) is 0.167. The van der Waals surface area contributed by atoms with Gasteiger partial charge in [0.25, 0.3) is 0 Å². The molecule has 0 amide bonds. The topological polar surface area (TPSA) is 74.5 Å².